The van der Waals surface area contributed by atoms with Gasteiger partial charge in [0.15, 0.2) is 11.5 Å². The minimum Gasteiger partial charge on any atom is -0.493 e. The zero-order valence-corrected chi connectivity index (χ0v) is 26.6. The van der Waals surface area contributed by atoms with Crippen molar-refractivity contribution < 1.29 is 33.7 Å². The SMILES string of the molecule is COCCCOc1cc(CC(C[C@H](NOC)C(O)CC(C(=O)NCC(C)(C)C(N)=O)C(C)C)C(C)C)ccc1OC. The average molecular weight is 582 g/mol. The highest BCUT2D eigenvalue weighted by Gasteiger charge is 2.33. The molecule has 0 spiro atoms. The smallest absolute Gasteiger partial charge is 0.224 e. The van der Waals surface area contributed by atoms with Crippen molar-refractivity contribution in [2.75, 3.05) is 41.1 Å². The molecule has 1 aromatic carbocycles. The number of nitrogens with two attached hydrogens (primary N) is 1. The lowest BCUT2D eigenvalue weighted by Crippen LogP contribution is -2.47. The van der Waals surface area contributed by atoms with E-state index in [1.807, 2.05) is 32.0 Å². The molecule has 0 aliphatic rings. The number of carbonyl (C=O) groups is 2. The highest BCUT2D eigenvalue weighted by atomic mass is 16.6. The molecule has 10 heteroatoms. The van der Waals surface area contributed by atoms with Crippen LogP contribution in [-0.2, 0) is 25.6 Å². The summed E-state index contributed by atoms with van der Waals surface area (Å²) in [6.07, 6.45) is 1.58. The van der Waals surface area contributed by atoms with E-state index in [9.17, 15) is 14.7 Å². The number of nitrogens with one attached hydrogen (secondary N) is 2. The maximum atomic E-state index is 13.1. The second-order valence-electron chi connectivity index (χ2n) is 12.2. The van der Waals surface area contributed by atoms with Gasteiger partial charge in [-0.1, -0.05) is 33.8 Å². The van der Waals surface area contributed by atoms with Gasteiger partial charge in [0.25, 0.3) is 0 Å². The fraction of sp³-hybridized carbons (Fsp3) is 0.742. The van der Waals surface area contributed by atoms with Crippen molar-refractivity contribution in [3.05, 3.63) is 23.8 Å². The topological polar surface area (TPSA) is 141 Å². The number of amides is 2. The van der Waals surface area contributed by atoms with Gasteiger partial charge in [-0.25, -0.2) is 0 Å². The Bertz CT molecular complexity index is 923. The summed E-state index contributed by atoms with van der Waals surface area (Å²) < 4.78 is 16.6. The minimum atomic E-state index is -0.864. The molecule has 41 heavy (non-hydrogen) atoms. The van der Waals surface area contributed by atoms with E-state index >= 15 is 0 Å². The molecular formula is C31H55N3O7. The molecule has 0 bridgehead atoms. The Morgan fingerprint density at radius 2 is 1.68 bits per heavy atom. The Balaban J connectivity index is 3.01. The molecule has 2 amide bonds. The van der Waals surface area contributed by atoms with Crippen LogP contribution in [0.2, 0.25) is 0 Å². The number of primary amides is 1. The van der Waals surface area contributed by atoms with E-state index in [2.05, 4.69) is 24.6 Å². The number of hydrogen-bond donors (Lipinski definition) is 4. The van der Waals surface area contributed by atoms with Gasteiger partial charge in [-0.3, -0.25) is 9.59 Å². The lowest BCUT2D eigenvalue weighted by Gasteiger charge is -2.32. The summed E-state index contributed by atoms with van der Waals surface area (Å²) in [5.74, 6) is 0.732. The molecule has 0 aliphatic heterocycles. The summed E-state index contributed by atoms with van der Waals surface area (Å²) in [6, 6.07) is 5.58. The van der Waals surface area contributed by atoms with E-state index in [-0.39, 0.29) is 30.7 Å². The van der Waals surface area contributed by atoms with Crippen LogP contribution < -0.4 is 26.0 Å². The van der Waals surface area contributed by atoms with E-state index in [0.717, 1.165) is 18.4 Å². The monoisotopic (exact) mass is 581 g/mol. The zero-order chi connectivity index (χ0) is 31.2. The molecule has 5 N–H and O–H groups in total. The summed E-state index contributed by atoms with van der Waals surface area (Å²) in [6.45, 7) is 12.9. The summed E-state index contributed by atoms with van der Waals surface area (Å²) in [5.41, 5.74) is 8.68. The van der Waals surface area contributed by atoms with Crippen LogP contribution in [0, 0.1) is 29.1 Å². The van der Waals surface area contributed by atoms with Crippen LogP contribution in [-0.4, -0.2) is 70.2 Å². The Labute approximate surface area is 247 Å². The predicted molar refractivity (Wildman–Crippen MR) is 161 cm³/mol. The van der Waals surface area contributed by atoms with Crippen molar-refractivity contribution in [1.29, 1.82) is 0 Å². The normalized spacial score (nSPS) is 14.9. The Morgan fingerprint density at radius 1 is 1.00 bits per heavy atom. The first-order valence-electron chi connectivity index (χ1n) is 14.6. The van der Waals surface area contributed by atoms with E-state index in [4.69, 9.17) is 24.8 Å². The van der Waals surface area contributed by atoms with Gasteiger partial charge in [-0.05, 0) is 68.6 Å². The largest absolute Gasteiger partial charge is 0.493 e. The number of rotatable bonds is 21. The quantitative estimate of drug-likeness (QED) is 0.128. The maximum absolute atomic E-state index is 13.1. The summed E-state index contributed by atoms with van der Waals surface area (Å²) in [7, 11) is 4.82. The standard InChI is InChI=1S/C31H55N3O7/c1-20(2)23(15-22-11-12-27(39-8)28(16-22)41-14-10-13-38-7)17-25(34-40-9)26(35)18-24(21(3)4)29(36)33-19-31(5,6)30(32)37/h11-12,16,20-21,23-26,34-35H,10,13-15,17-19H2,1-9H3,(H2,32,37)(H,33,36)/t23?,24?,25-,26?/m0/s1. The fourth-order valence-corrected chi connectivity index (χ4v) is 4.63. The molecule has 10 nitrogen and oxygen atoms in total. The summed E-state index contributed by atoms with van der Waals surface area (Å²) in [4.78, 5) is 30.0. The van der Waals surface area contributed by atoms with Gasteiger partial charge in [0.1, 0.15) is 0 Å². The van der Waals surface area contributed by atoms with Gasteiger partial charge in [0, 0.05) is 32.6 Å². The summed E-state index contributed by atoms with van der Waals surface area (Å²) in [5, 5.41) is 14.2. The first-order valence-corrected chi connectivity index (χ1v) is 14.6. The van der Waals surface area contributed by atoms with Crippen LogP contribution >= 0.6 is 0 Å². The third kappa shape index (κ3) is 12.6. The van der Waals surface area contributed by atoms with E-state index in [1.54, 1.807) is 28.1 Å². The number of methoxy groups -OCH3 is 2. The molecule has 0 aliphatic carbocycles. The van der Waals surface area contributed by atoms with Crippen LogP contribution in [0.1, 0.15) is 66.4 Å². The molecule has 0 fully saturated rings. The third-order valence-electron chi connectivity index (χ3n) is 7.72. The number of aliphatic hydroxyl groups excluding tert-OH is 1. The lowest BCUT2D eigenvalue weighted by molar-refractivity contribution is -0.130. The number of aliphatic hydroxyl groups is 1. The van der Waals surface area contributed by atoms with Crippen molar-refractivity contribution in [2.24, 2.45) is 34.8 Å². The van der Waals surface area contributed by atoms with E-state index < -0.39 is 29.4 Å². The van der Waals surface area contributed by atoms with Gasteiger partial charge in [0.2, 0.25) is 11.8 Å². The highest BCUT2D eigenvalue weighted by Crippen LogP contribution is 2.32. The maximum Gasteiger partial charge on any atom is 0.224 e. The minimum absolute atomic E-state index is 0.0213. The van der Waals surface area contributed by atoms with Crippen molar-refractivity contribution in [3.63, 3.8) is 0 Å². The predicted octanol–water partition coefficient (Wildman–Crippen LogP) is 3.49. The van der Waals surface area contributed by atoms with Gasteiger partial charge in [-0.2, -0.15) is 5.48 Å². The number of benzene rings is 1. The Morgan fingerprint density at radius 3 is 2.22 bits per heavy atom. The second kappa shape index (κ2) is 18.2. The molecule has 0 radical (unpaired) electrons. The van der Waals surface area contributed by atoms with Crippen molar-refractivity contribution in [2.45, 2.75) is 79.4 Å². The van der Waals surface area contributed by atoms with Crippen LogP contribution in [0.15, 0.2) is 18.2 Å². The Hall–Kier alpha value is -2.40. The Kier molecular flexibility index (Phi) is 16.3. The molecule has 1 rings (SSSR count). The third-order valence-corrected chi connectivity index (χ3v) is 7.72. The number of carbonyl (C=O) groups excluding carboxylic acids is 2. The van der Waals surface area contributed by atoms with Crippen molar-refractivity contribution in [3.8, 4) is 11.5 Å². The van der Waals surface area contributed by atoms with E-state index in [1.165, 1.54) is 7.11 Å². The first-order chi connectivity index (χ1) is 19.3. The highest BCUT2D eigenvalue weighted by molar-refractivity contribution is 5.83. The number of ether oxygens (including phenoxy) is 3. The van der Waals surface area contributed by atoms with Gasteiger partial charge in [-0.15, -0.1) is 0 Å². The first kappa shape index (κ1) is 36.6. The molecule has 0 saturated heterocycles. The van der Waals surface area contributed by atoms with Crippen LogP contribution in [0.4, 0.5) is 0 Å². The number of hydrogen-bond acceptors (Lipinski definition) is 8. The van der Waals surface area contributed by atoms with Crippen LogP contribution in [0.5, 0.6) is 11.5 Å². The van der Waals surface area contributed by atoms with Gasteiger partial charge >= 0.3 is 0 Å². The molecule has 0 saturated carbocycles. The van der Waals surface area contributed by atoms with Gasteiger partial charge < -0.3 is 35.2 Å². The lowest BCUT2D eigenvalue weighted by atomic mass is 9.80. The van der Waals surface area contributed by atoms with Crippen LogP contribution in [0.25, 0.3) is 0 Å². The number of hydroxylamine groups is 1. The van der Waals surface area contributed by atoms with Crippen molar-refractivity contribution in [1.82, 2.24) is 10.8 Å². The molecular weight excluding hydrogens is 526 g/mol. The molecule has 4 atom stereocenters. The average Bonchev–Trinajstić information content (AvgIpc) is 2.91. The van der Waals surface area contributed by atoms with E-state index in [0.29, 0.717) is 37.1 Å². The summed E-state index contributed by atoms with van der Waals surface area (Å²) >= 11 is 0. The second-order valence-corrected chi connectivity index (χ2v) is 12.2. The van der Waals surface area contributed by atoms with Crippen molar-refractivity contribution >= 4 is 11.8 Å². The molecule has 0 aromatic heterocycles. The zero-order valence-electron chi connectivity index (χ0n) is 26.6. The van der Waals surface area contributed by atoms with Crippen LogP contribution in [0.3, 0.4) is 0 Å². The molecule has 0 heterocycles. The molecule has 3 unspecified atom stereocenters. The van der Waals surface area contributed by atoms with Gasteiger partial charge in [0.05, 0.1) is 38.4 Å². The molecule has 1 aromatic rings. The molecule has 236 valence electrons. The fourth-order valence-electron chi connectivity index (χ4n) is 4.63.